The van der Waals surface area contributed by atoms with Gasteiger partial charge in [-0.25, -0.2) is 9.97 Å². The Balaban J connectivity index is 1.96. The molecule has 0 spiro atoms. The Bertz CT molecular complexity index is 1160. The van der Waals surface area contributed by atoms with Crippen molar-refractivity contribution in [3.8, 4) is 0 Å². The highest BCUT2D eigenvalue weighted by atomic mass is 32.1. The van der Waals surface area contributed by atoms with E-state index in [2.05, 4.69) is 57.5 Å². The fourth-order valence-electron chi connectivity index (χ4n) is 3.39. The third kappa shape index (κ3) is 1.60. The Morgan fingerprint density at radius 3 is 1.61 bits per heavy atom. The van der Waals surface area contributed by atoms with Crippen molar-refractivity contribution in [2.45, 2.75) is 13.8 Å². The van der Waals surface area contributed by atoms with Gasteiger partial charge >= 0.3 is 0 Å². The fourth-order valence-corrected chi connectivity index (χ4v) is 4.52. The number of hydrogen-bond acceptors (Lipinski definition) is 3. The van der Waals surface area contributed by atoms with E-state index in [-0.39, 0.29) is 0 Å². The van der Waals surface area contributed by atoms with Crippen LogP contribution in [0.4, 0.5) is 0 Å². The van der Waals surface area contributed by atoms with Gasteiger partial charge in [-0.2, -0.15) is 0 Å². The predicted molar refractivity (Wildman–Crippen MR) is 97.3 cm³/mol. The minimum absolute atomic E-state index is 1.05. The molecule has 0 unspecified atom stereocenters. The molecule has 3 aromatic heterocycles. The quantitative estimate of drug-likeness (QED) is 0.423. The average molecular weight is 320 g/mol. The lowest BCUT2D eigenvalue weighted by Crippen LogP contribution is -1.89. The Morgan fingerprint density at radius 2 is 1.17 bits per heavy atom. The summed E-state index contributed by atoms with van der Waals surface area (Å²) in [5, 5.41) is 2.56. The number of rotatable bonds is 0. The highest BCUT2D eigenvalue weighted by Gasteiger charge is 2.13. The van der Waals surface area contributed by atoms with Crippen LogP contribution < -0.4 is 0 Å². The lowest BCUT2D eigenvalue weighted by molar-refractivity contribution is 0.886. The lowest BCUT2D eigenvalue weighted by atomic mass is 10.1. The fraction of sp³-hybridized carbons (Fsp3) is 0.222. The van der Waals surface area contributed by atoms with Crippen LogP contribution in [0.2, 0.25) is 0 Å². The van der Waals surface area contributed by atoms with E-state index in [1.165, 1.54) is 31.2 Å². The zero-order valence-corrected chi connectivity index (χ0v) is 14.3. The summed E-state index contributed by atoms with van der Waals surface area (Å²) in [6.45, 7) is 4.10. The Hall–Kier alpha value is -2.40. The van der Waals surface area contributed by atoms with Gasteiger partial charge in [-0.15, -0.1) is 11.3 Å². The van der Waals surface area contributed by atoms with Crippen LogP contribution in [0, 0.1) is 13.8 Å². The van der Waals surface area contributed by atoms with E-state index in [0.717, 1.165) is 22.7 Å². The molecule has 0 bridgehead atoms. The third-order valence-corrected chi connectivity index (χ3v) is 6.04. The zero-order valence-electron chi connectivity index (χ0n) is 13.5. The summed E-state index contributed by atoms with van der Waals surface area (Å²) in [5.74, 6) is 2.09. The van der Waals surface area contributed by atoms with Crippen molar-refractivity contribution in [1.29, 1.82) is 0 Å². The Kier molecular flexibility index (Phi) is 2.34. The van der Waals surface area contributed by atoms with Crippen molar-refractivity contribution < 1.29 is 0 Å². The second-order valence-electron chi connectivity index (χ2n) is 6.21. The molecule has 0 radical (unpaired) electrons. The summed E-state index contributed by atoms with van der Waals surface area (Å²) in [5.41, 5.74) is 4.52. The second-order valence-corrected chi connectivity index (χ2v) is 7.30. The number of benzene rings is 2. The molecule has 0 aliphatic carbocycles. The number of imidazole rings is 2. The van der Waals surface area contributed by atoms with Crippen LogP contribution in [-0.4, -0.2) is 19.1 Å². The lowest BCUT2D eigenvalue weighted by Gasteiger charge is -1.97. The highest BCUT2D eigenvalue weighted by Crippen LogP contribution is 2.38. The van der Waals surface area contributed by atoms with Gasteiger partial charge in [0.05, 0.1) is 22.1 Å². The molecule has 0 aliphatic rings. The van der Waals surface area contributed by atoms with Crippen LogP contribution in [0.5, 0.6) is 0 Å². The van der Waals surface area contributed by atoms with Gasteiger partial charge in [-0.3, -0.25) is 0 Å². The molecule has 0 saturated carbocycles. The van der Waals surface area contributed by atoms with Crippen molar-refractivity contribution in [3.63, 3.8) is 0 Å². The first-order valence-electron chi connectivity index (χ1n) is 7.65. The van der Waals surface area contributed by atoms with Crippen LogP contribution >= 0.6 is 11.3 Å². The normalized spacial score (nSPS) is 12.3. The summed E-state index contributed by atoms with van der Waals surface area (Å²) in [6, 6.07) is 8.97. The maximum absolute atomic E-state index is 4.68. The maximum atomic E-state index is 4.68. The SMILES string of the molecule is Cc1nc2cc3c(cc2n1C)sc1cc2c(cc13)nc(C)n2C. The van der Waals surface area contributed by atoms with Gasteiger partial charge in [0.15, 0.2) is 0 Å². The minimum Gasteiger partial charge on any atom is -0.331 e. The molecule has 5 heteroatoms. The van der Waals surface area contributed by atoms with Crippen molar-refractivity contribution in [2.24, 2.45) is 14.1 Å². The van der Waals surface area contributed by atoms with Gasteiger partial charge in [-0.05, 0) is 38.1 Å². The van der Waals surface area contributed by atoms with Crippen molar-refractivity contribution in [2.75, 3.05) is 0 Å². The third-order valence-electron chi connectivity index (χ3n) is 4.92. The van der Waals surface area contributed by atoms with Crippen LogP contribution in [-0.2, 0) is 14.1 Å². The van der Waals surface area contributed by atoms with Crippen LogP contribution in [0.15, 0.2) is 24.3 Å². The van der Waals surface area contributed by atoms with E-state index in [4.69, 9.17) is 0 Å². The van der Waals surface area contributed by atoms with E-state index < -0.39 is 0 Å². The van der Waals surface area contributed by atoms with Gasteiger partial charge in [0.2, 0.25) is 0 Å². The molecule has 4 nitrogen and oxygen atoms in total. The van der Waals surface area contributed by atoms with Crippen LogP contribution in [0.3, 0.4) is 0 Å². The molecule has 23 heavy (non-hydrogen) atoms. The van der Waals surface area contributed by atoms with E-state index in [1.54, 1.807) is 0 Å². The average Bonchev–Trinajstić information content (AvgIpc) is 3.10. The first kappa shape index (κ1) is 13.1. The van der Waals surface area contributed by atoms with E-state index in [9.17, 15) is 0 Å². The molecule has 0 amide bonds. The number of aromatic nitrogens is 4. The molecule has 0 aliphatic heterocycles. The molecule has 2 aromatic carbocycles. The summed E-state index contributed by atoms with van der Waals surface area (Å²) in [7, 11) is 4.15. The second kappa shape index (κ2) is 4.11. The van der Waals surface area contributed by atoms with E-state index >= 15 is 0 Å². The summed E-state index contributed by atoms with van der Waals surface area (Å²) < 4.78 is 6.92. The monoisotopic (exact) mass is 320 g/mol. The van der Waals surface area contributed by atoms with Crippen molar-refractivity contribution in [1.82, 2.24) is 19.1 Å². The van der Waals surface area contributed by atoms with Crippen LogP contribution in [0.25, 0.3) is 42.2 Å². The first-order valence-corrected chi connectivity index (χ1v) is 8.47. The summed E-state index contributed by atoms with van der Waals surface area (Å²) in [4.78, 5) is 9.36. The number of hydrogen-bond donors (Lipinski definition) is 0. The Morgan fingerprint density at radius 1 is 0.739 bits per heavy atom. The molecule has 3 heterocycles. The van der Waals surface area contributed by atoms with Crippen LogP contribution in [0.1, 0.15) is 11.6 Å². The van der Waals surface area contributed by atoms with Gasteiger partial charge in [-0.1, -0.05) is 0 Å². The molecular weight excluding hydrogens is 304 g/mol. The number of fused-ring (bicyclic) bond motifs is 5. The van der Waals surface area contributed by atoms with Gasteiger partial charge < -0.3 is 9.13 Å². The smallest absolute Gasteiger partial charge is 0.106 e. The summed E-state index contributed by atoms with van der Waals surface area (Å²) >= 11 is 1.85. The molecule has 5 aromatic rings. The van der Waals surface area contributed by atoms with Gasteiger partial charge in [0.25, 0.3) is 0 Å². The minimum atomic E-state index is 1.05. The van der Waals surface area contributed by atoms with Crippen molar-refractivity contribution in [3.05, 3.63) is 35.9 Å². The number of thiophene rings is 1. The van der Waals surface area contributed by atoms with Gasteiger partial charge in [0, 0.05) is 34.3 Å². The van der Waals surface area contributed by atoms with Gasteiger partial charge in [0.1, 0.15) is 11.6 Å². The largest absolute Gasteiger partial charge is 0.331 e. The Labute approximate surface area is 137 Å². The molecule has 114 valence electrons. The van der Waals surface area contributed by atoms with E-state index in [1.807, 2.05) is 25.2 Å². The predicted octanol–water partition coefficient (Wildman–Crippen LogP) is 4.44. The highest BCUT2D eigenvalue weighted by molar-refractivity contribution is 7.26. The standard InChI is InChI=1S/C18H16N4S/c1-9-19-13-5-11-12-6-14-16(22(4)10(2)20-14)8-18(12)23-17(11)7-15(13)21(9)3/h5-8H,1-4H3. The molecule has 0 N–H and O–H groups in total. The molecule has 0 saturated heterocycles. The zero-order chi connectivity index (χ0) is 15.9. The maximum Gasteiger partial charge on any atom is 0.106 e. The molecule has 5 rings (SSSR count). The summed E-state index contributed by atoms with van der Waals surface area (Å²) in [6.07, 6.45) is 0. The van der Waals surface area contributed by atoms with E-state index in [0.29, 0.717) is 0 Å². The van der Waals surface area contributed by atoms with Crippen molar-refractivity contribution >= 4 is 53.6 Å². The molecule has 0 atom stereocenters. The number of aryl methyl sites for hydroxylation is 4. The first-order chi connectivity index (χ1) is 11.0. The molecular formula is C18H16N4S. The molecule has 0 fully saturated rings. The number of nitrogens with zero attached hydrogens (tertiary/aromatic N) is 4. The topological polar surface area (TPSA) is 35.6 Å².